The molecule has 0 aliphatic carbocycles. The molecule has 0 spiro atoms. The molecule has 11 heteroatoms. The fraction of sp³-hybridized carbons (Fsp3) is 0.188. The third kappa shape index (κ3) is 6.00. The van der Waals surface area contributed by atoms with Crippen molar-refractivity contribution in [1.82, 2.24) is 0 Å². The monoisotopic (exact) mass is 471 g/mol. The van der Waals surface area contributed by atoms with Crippen LogP contribution in [0.4, 0.5) is 0 Å². The van der Waals surface area contributed by atoms with Crippen LogP contribution < -0.4 is 9.63 Å². The Kier molecular flexibility index (Phi) is 7.83. The van der Waals surface area contributed by atoms with Crippen molar-refractivity contribution in [1.29, 1.82) is 0 Å². The van der Waals surface area contributed by atoms with E-state index in [0.717, 1.165) is 7.11 Å². The summed E-state index contributed by atoms with van der Waals surface area (Å²) in [6.07, 6.45) is 0. The van der Waals surface area contributed by atoms with Gasteiger partial charge in [0.1, 0.15) is 5.75 Å². The van der Waals surface area contributed by atoms with Crippen molar-refractivity contribution >= 4 is 60.0 Å². The first-order valence-electron chi connectivity index (χ1n) is 7.23. The maximum absolute atomic E-state index is 12.2. The van der Waals surface area contributed by atoms with Crippen molar-refractivity contribution < 1.29 is 28.3 Å². The fourth-order valence-corrected chi connectivity index (χ4v) is 4.03. The second-order valence-corrected chi connectivity index (χ2v) is 8.69. The number of esters is 1. The first-order chi connectivity index (χ1) is 12.6. The minimum atomic E-state index is -4.63. The Morgan fingerprint density at radius 2 is 1.67 bits per heavy atom. The van der Waals surface area contributed by atoms with Crippen molar-refractivity contribution in [2.75, 3.05) is 13.7 Å². The zero-order chi connectivity index (χ0) is 20.2. The Labute approximate surface area is 175 Å². The molecule has 0 aliphatic rings. The zero-order valence-corrected chi connectivity index (χ0v) is 17.6. The van der Waals surface area contributed by atoms with Crippen LogP contribution in [0.15, 0.2) is 36.4 Å². The molecule has 2 aromatic carbocycles. The van der Waals surface area contributed by atoms with E-state index in [1.807, 2.05) is 0 Å². The summed E-state index contributed by atoms with van der Waals surface area (Å²) < 4.78 is 27.0. The zero-order valence-electron chi connectivity index (χ0n) is 13.7. The van der Waals surface area contributed by atoms with Crippen LogP contribution in [-0.4, -0.2) is 19.7 Å². The molecule has 0 fully saturated rings. The smallest absolute Gasteiger partial charge is 0.345 e. The van der Waals surface area contributed by atoms with Crippen molar-refractivity contribution in [2.45, 2.75) is 5.85 Å². The molecule has 2 unspecified atom stereocenters. The van der Waals surface area contributed by atoms with Crippen molar-refractivity contribution in [2.24, 2.45) is 0 Å². The lowest BCUT2D eigenvalue weighted by atomic mass is 10.2. The van der Waals surface area contributed by atoms with E-state index in [1.54, 1.807) is 0 Å². The Morgan fingerprint density at radius 1 is 1.07 bits per heavy atom. The highest BCUT2D eigenvalue weighted by molar-refractivity contribution is 7.51. The van der Waals surface area contributed by atoms with Gasteiger partial charge in [0.05, 0.1) is 5.02 Å². The summed E-state index contributed by atoms with van der Waals surface area (Å²) >= 11 is 23.5. The van der Waals surface area contributed by atoms with E-state index < -0.39 is 26.0 Å². The number of ether oxygens (including phenoxy) is 2. The van der Waals surface area contributed by atoms with Crippen molar-refractivity contribution in [3.05, 3.63) is 62.1 Å². The molecular weight excluding hydrogens is 461 g/mol. The molecule has 0 saturated heterocycles. The van der Waals surface area contributed by atoms with Crippen LogP contribution in [0, 0.1) is 0 Å². The summed E-state index contributed by atoms with van der Waals surface area (Å²) in [5, 5.41) is 0.849. The molecule has 2 atom stereocenters. The third-order valence-corrected chi connectivity index (χ3v) is 5.81. The number of carbonyl (C=O) groups excluding carboxylic acids is 1. The van der Waals surface area contributed by atoms with Gasteiger partial charge >= 0.3 is 5.97 Å². The molecule has 0 aliphatic heterocycles. The van der Waals surface area contributed by atoms with E-state index in [-0.39, 0.29) is 26.4 Å². The molecule has 0 bridgehead atoms. The molecule has 0 N–H and O–H groups in total. The summed E-state index contributed by atoms with van der Waals surface area (Å²) in [6, 6.07) is 8.45. The van der Waals surface area contributed by atoms with E-state index in [0.29, 0.717) is 5.02 Å². The largest absolute Gasteiger partial charge is 0.776 e. The van der Waals surface area contributed by atoms with E-state index in [2.05, 4.69) is 4.52 Å². The van der Waals surface area contributed by atoms with Gasteiger partial charge in [0.2, 0.25) is 0 Å². The Balaban J connectivity index is 2.17. The Morgan fingerprint density at radius 3 is 2.22 bits per heavy atom. The van der Waals surface area contributed by atoms with Crippen LogP contribution in [0.5, 0.6) is 5.75 Å². The average Bonchev–Trinajstić information content (AvgIpc) is 2.59. The Hall–Kier alpha value is -0.980. The highest BCUT2D eigenvalue weighted by atomic mass is 35.5. The maximum Gasteiger partial charge on any atom is 0.345 e. The lowest BCUT2D eigenvalue weighted by Gasteiger charge is -2.30. The van der Waals surface area contributed by atoms with Crippen LogP contribution in [0.1, 0.15) is 11.4 Å². The molecule has 146 valence electrons. The second-order valence-electron chi connectivity index (χ2n) is 5.09. The van der Waals surface area contributed by atoms with Gasteiger partial charge in [0.25, 0.3) is 0 Å². The molecular formula is C16H12Cl4O6P-. The number of hydrogen-bond acceptors (Lipinski definition) is 6. The van der Waals surface area contributed by atoms with Gasteiger partial charge in [0, 0.05) is 27.7 Å². The molecule has 0 aromatic heterocycles. The van der Waals surface area contributed by atoms with Crippen LogP contribution in [0.3, 0.4) is 0 Å². The van der Waals surface area contributed by atoms with Crippen molar-refractivity contribution in [3.63, 3.8) is 0 Å². The minimum Gasteiger partial charge on any atom is -0.776 e. The molecule has 27 heavy (non-hydrogen) atoms. The SMILES string of the molecule is COP(=O)([O-])C(OC(=O)COc1ccc(Cl)cc1Cl)c1ccc(Cl)cc1Cl. The van der Waals surface area contributed by atoms with E-state index in [4.69, 9.17) is 55.9 Å². The van der Waals surface area contributed by atoms with Gasteiger partial charge in [-0.25, -0.2) is 4.79 Å². The van der Waals surface area contributed by atoms with E-state index in [9.17, 15) is 14.3 Å². The third-order valence-electron chi connectivity index (χ3n) is 3.25. The summed E-state index contributed by atoms with van der Waals surface area (Å²) in [4.78, 5) is 24.3. The summed E-state index contributed by atoms with van der Waals surface area (Å²) in [5.74, 6) is -2.58. The average molecular weight is 473 g/mol. The number of halogens is 4. The summed E-state index contributed by atoms with van der Waals surface area (Å²) in [7, 11) is -3.69. The molecule has 6 nitrogen and oxygen atoms in total. The predicted octanol–water partition coefficient (Wildman–Crippen LogP) is 5.12. The van der Waals surface area contributed by atoms with E-state index in [1.165, 1.54) is 36.4 Å². The first-order valence-corrected chi connectivity index (χ1v) is 10.3. The number of benzene rings is 2. The van der Waals surface area contributed by atoms with Crippen molar-refractivity contribution in [3.8, 4) is 5.75 Å². The number of hydrogen-bond donors (Lipinski definition) is 0. The maximum atomic E-state index is 12.2. The van der Waals surface area contributed by atoms with Gasteiger partial charge in [-0.15, -0.1) is 0 Å². The van der Waals surface area contributed by atoms with E-state index >= 15 is 0 Å². The lowest BCUT2D eigenvalue weighted by Crippen LogP contribution is -2.22. The highest BCUT2D eigenvalue weighted by Gasteiger charge is 2.30. The molecule has 0 radical (unpaired) electrons. The fourth-order valence-electron chi connectivity index (χ4n) is 1.98. The predicted molar refractivity (Wildman–Crippen MR) is 102 cm³/mol. The topological polar surface area (TPSA) is 84.9 Å². The van der Waals surface area contributed by atoms with Gasteiger partial charge in [-0.3, -0.25) is 0 Å². The molecule has 0 heterocycles. The van der Waals surface area contributed by atoms with Gasteiger partial charge in [-0.05, 0) is 30.3 Å². The number of rotatable bonds is 7. The van der Waals surface area contributed by atoms with Gasteiger partial charge in [-0.2, -0.15) is 0 Å². The lowest BCUT2D eigenvalue weighted by molar-refractivity contribution is -0.209. The molecule has 2 aromatic rings. The summed E-state index contributed by atoms with van der Waals surface area (Å²) in [5.41, 5.74) is -0.000810. The highest BCUT2D eigenvalue weighted by Crippen LogP contribution is 2.54. The van der Waals surface area contributed by atoms with Gasteiger partial charge in [0.15, 0.2) is 20.0 Å². The van der Waals surface area contributed by atoms with Crippen LogP contribution >= 0.6 is 54.0 Å². The Bertz CT molecular complexity index is 891. The molecule has 0 saturated carbocycles. The van der Waals surface area contributed by atoms with Crippen LogP contribution in [0.2, 0.25) is 20.1 Å². The second kappa shape index (κ2) is 9.48. The first kappa shape index (κ1) is 22.3. The summed E-state index contributed by atoms with van der Waals surface area (Å²) in [6.45, 7) is -0.604. The van der Waals surface area contributed by atoms with Gasteiger partial charge < -0.3 is 23.5 Å². The minimum absolute atomic E-state index is 0.000810. The standard InChI is InChI=1S/C16H13Cl4O6P/c1-24-27(22,23)16(11-4-2-9(17)6-12(11)19)26-15(21)8-25-14-5-3-10(18)7-13(14)20/h2-7,16H,8H2,1H3,(H,22,23)/p-1. The normalized spacial score (nSPS) is 14.3. The molecule has 2 rings (SSSR count). The van der Waals surface area contributed by atoms with Gasteiger partial charge in [-0.1, -0.05) is 52.5 Å². The van der Waals surface area contributed by atoms with Crippen LogP contribution in [0.25, 0.3) is 0 Å². The van der Waals surface area contributed by atoms with Crippen LogP contribution in [-0.2, 0) is 18.6 Å². The quantitative estimate of drug-likeness (QED) is 0.410. The molecule has 0 amide bonds. The number of carbonyl (C=O) groups is 1.